The van der Waals surface area contributed by atoms with Gasteiger partial charge in [-0.25, -0.2) is 0 Å². The summed E-state index contributed by atoms with van der Waals surface area (Å²) < 4.78 is 5.66. The van der Waals surface area contributed by atoms with Crippen molar-refractivity contribution in [2.75, 3.05) is 26.2 Å². The molecule has 1 aliphatic rings. The summed E-state index contributed by atoms with van der Waals surface area (Å²) in [5.74, 6) is 0.981. The van der Waals surface area contributed by atoms with Crippen LogP contribution in [0.25, 0.3) is 0 Å². The maximum Gasteiger partial charge on any atom is 0.119 e. The van der Waals surface area contributed by atoms with Crippen LogP contribution in [-0.2, 0) is 0 Å². The first-order chi connectivity index (χ1) is 7.95. The Bertz CT molecular complexity index is 280. The number of para-hydroxylation sites is 1. The summed E-state index contributed by atoms with van der Waals surface area (Å²) in [6.45, 7) is 4.45. The third kappa shape index (κ3) is 3.86. The van der Waals surface area contributed by atoms with E-state index in [0.717, 1.165) is 18.8 Å². The van der Waals surface area contributed by atoms with Crippen molar-refractivity contribution in [3.05, 3.63) is 36.8 Å². The van der Waals surface area contributed by atoms with Gasteiger partial charge in [0.1, 0.15) is 5.75 Å². The van der Waals surface area contributed by atoms with Gasteiger partial charge in [0.05, 0.1) is 6.61 Å². The predicted octanol–water partition coefficient (Wildman–Crippen LogP) is 2.76. The molecule has 1 fully saturated rings. The Morgan fingerprint density at radius 1 is 1.06 bits per heavy atom. The van der Waals surface area contributed by atoms with E-state index in [1.165, 1.54) is 32.5 Å². The van der Waals surface area contributed by atoms with E-state index in [0.29, 0.717) is 0 Å². The molecule has 2 heteroatoms. The Balaban J connectivity index is 1.58. The normalized spacial score (nSPS) is 17.2. The number of ether oxygens (including phenoxy) is 1. The summed E-state index contributed by atoms with van der Waals surface area (Å²) in [6.07, 6.45) is 6.00. The maximum absolute atomic E-state index is 5.66. The van der Waals surface area contributed by atoms with E-state index in [9.17, 15) is 0 Å². The fourth-order valence-electron chi connectivity index (χ4n) is 2.02. The van der Waals surface area contributed by atoms with Crippen molar-refractivity contribution < 1.29 is 4.74 Å². The van der Waals surface area contributed by atoms with Gasteiger partial charge in [-0.2, -0.15) is 0 Å². The van der Waals surface area contributed by atoms with Crippen LogP contribution < -0.4 is 4.74 Å². The molecule has 0 N–H and O–H groups in total. The molecule has 16 heavy (non-hydrogen) atoms. The number of likely N-dealkylation sites (tertiary alicyclic amines) is 1. The highest BCUT2D eigenvalue weighted by Crippen LogP contribution is 2.10. The zero-order chi connectivity index (χ0) is 11.1. The third-order valence-corrected chi connectivity index (χ3v) is 2.93. The predicted molar refractivity (Wildman–Crippen MR) is 66.5 cm³/mol. The molecule has 0 unspecified atom stereocenters. The summed E-state index contributed by atoms with van der Waals surface area (Å²) in [4.78, 5) is 2.52. The van der Waals surface area contributed by atoms with Crippen LogP contribution in [0, 0.1) is 6.42 Å². The number of hydrogen-bond acceptors (Lipinski definition) is 2. The highest BCUT2D eigenvalue weighted by atomic mass is 16.5. The molecular formula is C14H20NO. The number of rotatable bonds is 5. The minimum Gasteiger partial charge on any atom is -0.494 e. The van der Waals surface area contributed by atoms with Crippen molar-refractivity contribution in [3.63, 3.8) is 0 Å². The van der Waals surface area contributed by atoms with Crippen LogP contribution in [0.3, 0.4) is 0 Å². The van der Waals surface area contributed by atoms with Gasteiger partial charge in [-0.1, -0.05) is 18.2 Å². The minimum absolute atomic E-state index is 0.824. The number of benzene rings is 1. The van der Waals surface area contributed by atoms with E-state index in [4.69, 9.17) is 4.74 Å². The Labute approximate surface area is 98.2 Å². The molecule has 2 nitrogen and oxygen atoms in total. The second-order valence-electron chi connectivity index (χ2n) is 4.22. The molecule has 1 aliphatic heterocycles. The molecular weight excluding hydrogens is 198 g/mol. The lowest BCUT2D eigenvalue weighted by molar-refractivity contribution is 0.222. The van der Waals surface area contributed by atoms with Crippen LogP contribution in [0.5, 0.6) is 5.75 Å². The fraction of sp³-hybridized carbons (Fsp3) is 0.500. The van der Waals surface area contributed by atoms with Crippen molar-refractivity contribution in [1.82, 2.24) is 4.90 Å². The molecule has 87 valence electrons. The molecule has 1 aromatic rings. The monoisotopic (exact) mass is 218 g/mol. The van der Waals surface area contributed by atoms with Gasteiger partial charge in [0.15, 0.2) is 0 Å². The summed E-state index contributed by atoms with van der Waals surface area (Å²) in [5.41, 5.74) is 0. The first-order valence-electron chi connectivity index (χ1n) is 6.17. The molecule has 0 aromatic heterocycles. The van der Waals surface area contributed by atoms with Gasteiger partial charge in [-0.05, 0) is 50.9 Å². The van der Waals surface area contributed by atoms with Crippen LogP contribution in [0.4, 0.5) is 0 Å². The third-order valence-electron chi connectivity index (χ3n) is 2.93. The van der Waals surface area contributed by atoms with Crippen LogP contribution in [0.15, 0.2) is 30.3 Å². The first kappa shape index (κ1) is 11.5. The molecule has 0 amide bonds. The minimum atomic E-state index is 0.824. The van der Waals surface area contributed by atoms with Crippen LogP contribution in [0.2, 0.25) is 0 Å². The van der Waals surface area contributed by atoms with Gasteiger partial charge in [0, 0.05) is 6.54 Å². The van der Waals surface area contributed by atoms with Crippen molar-refractivity contribution in [1.29, 1.82) is 0 Å². The average molecular weight is 218 g/mol. The van der Waals surface area contributed by atoms with Gasteiger partial charge in [0.2, 0.25) is 0 Å². The van der Waals surface area contributed by atoms with Crippen LogP contribution in [-0.4, -0.2) is 31.1 Å². The summed E-state index contributed by atoms with van der Waals surface area (Å²) >= 11 is 0. The molecule has 1 saturated heterocycles. The standard InChI is InChI=1S/C14H20NO/c1-3-8-14(9-4-1)16-13-7-12-15-10-5-2-6-11-15/h1-4,8-9H,5-7,10-13H2. The zero-order valence-electron chi connectivity index (χ0n) is 9.77. The van der Waals surface area contributed by atoms with E-state index in [1.807, 2.05) is 30.3 Å². The van der Waals surface area contributed by atoms with Crippen molar-refractivity contribution in [2.24, 2.45) is 0 Å². The summed E-state index contributed by atoms with van der Waals surface area (Å²) in [5, 5.41) is 0. The molecule has 0 atom stereocenters. The maximum atomic E-state index is 5.66. The molecule has 1 aromatic carbocycles. The highest BCUT2D eigenvalue weighted by molar-refractivity contribution is 5.20. The van der Waals surface area contributed by atoms with E-state index in [2.05, 4.69) is 11.3 Å². The molecule has 1 heterocycles. The SMILES string of the molecule is [CH]1CCN(CCCOc2ccccc2)CC1. The van der Waals surface area contributed by atoms with Gasteiger partial charge in [0.25, 0.3) is 0 Å². The highest BCUT2D eigenvalue weighted by Gasteiger charge is 2.08. The lowest BCUT2D eigenvalue weighted by Gasteiger charge is -2.26. The van der Waals surface area contributed by atoms with Crippen molar-refractivity contribution in [3.8, 4) is 5.75 Å². The van der Waals surface area contributed by atoms with Gasteiger partial charge < -0.3 is 9.64 Å². The number of hydrogen-bond donors (Lipinski definition) is 0. The van der Waals surface area contributed by atoms with Gasteiger partial charge in [-0.15, -0.1) is 0 Å². The van der Waals surface area contributed by atoms with Crippen LogP contribution in [0.1, 0.15) is 19.3 Å². The van der Waals surface area contributed by atoms with Crippen LogP contribution >= 0.6 is 0 Å². The van der Waals surface area contributed by atoms with Gasteiger partial charge >= 0.3 is 0 Å². The Morgan fingerprint density at radius 2 is 1.81 bits per heavy atom. The molecule has 0 bridgehead atoms. The van der Waals surface area contributed by atoms with E-state index in [1.54, 1.807) is 0 Å². The summed E-state index contributed by atoms with van der Waals surface area (Å²) in [7, 11) is 0. The summed E-state index contributed by atoms with van der Waals surface area (Å²) in [6, 6.07) is 10.1. The molecule has 0 saturated carbocycles. The topological polar surface area (TPSA) is 12.5 Å². The lowest BCUT2D eigenvalue weighted by atomic mass is 10.1. The molecule has 1 radical (unpaired) electrons. The fourth-order valence-corrected chi connectivity index (χ4v) is 2.02. The smallest absolute Gasteiger partial charge is 0.119 e. The van der Waals surface area contributed by atoms with E-state index in [-0.39, 0.29) is 0 Å². The zero-order valence-corrected chi connectivity index (χ0v) is 9.77. The quantitative estimate of drug-likeness (QED) is 0.705. The second kappa shape index (κ2) is 6.54. The number of piperidine rings is 1. The van der Waals surface area contributed by atoms with E-state index < -0.39 is 0 Å². The van der Waals surface area contributed by atoms with E-state index >= 15 is 0 Å². The lowest BCUT2D eigenvalue weighted by Crippen LogP contribution is -2.31. The number of nitrogens with zero attached hydrogens (tertiary/aromatic N) is 1. The van der Waals surface area contributed by atoms with Gasteiger partial charge in [-0.3, -0.25) is 0 Å². The first-order valence-corrected chi connectivity index (χ1v) is 6.17. The Kier molecular flexibility index (Phi) is 4.69. The molecule has 0 aliphatic carbocycles. The Morgan fingerprint density at radius 3 is 2.56 bits per heavy atom. The molecule has 2 rings (SSSR count). The van der Waals surface area contributed by atoms with Crippen molar-refractivity contribution >= 4 is 0 Å². The molecule has 0 spiro atoms. The average Bonchev–Trinajstić information content (AvgIpc) is 2.37. The second-order valence-corrected chi connectivity index (χ2v) is 4.22. The van der Waals surface area contributed by atoms with Crippen molar-refractivity contribution in [2.45, 2.75) is 19.3 Å². The Hall–Kier alpha value is -1.02. The largest absolute Gasteiger partial charge is 0.494 e.